The second-order valence-corrected chi connectivity index (χ2v) is 12.0. The lowest BCUT2D eigenvalue weighted by Crippen LogP contribution is -2.29. The summed E-state index contributed by atoms with van der Waals surface area (Å²) in [6.07, 6.45) is 12.5. The molecule has 2 aliphatic rings. The van der Waals surface area contributed by atoms with Crippen molar-refractivity contribution in [1.82, 2.24) is 5.32 Å². The van der Waals surface area contributed by atoms with Crippen molar-refractivity contribution in [3.8, 4) is 22.6 Å². The Morgan fingerprint density at radius 3 is 2.73 bits per heavy atom. The van der Waals surface area contributed by atoms with Crippen molar-refractivity contribution >= 4 is 23.5 Å². The van der Waals surface area contributed by atoms with Crippen LogP contribution in [-0.2, 0) is 22.6 Å². The van der Waals surface area contributed by atoms with Gasteiger partial charge in [0.25, 0.3) is 5.91 Å². The maximum Gasteiger partial charge on any atom is 0.306 e. The molecule has 6 nitrogen and oxygen atoms in total. The van der Waals surface area contributed by atoms with Gasteiger partial charge in [0.1, 0.15) is 24.7 Å². The van der Waals surface area contributed by atoms with Crippen LogP contribution in [0.5, 0.6) is 11.5 Å². The fourth-order valence-corrected chi connectivity index (χ4v) is 6.03. The van der Waals surface area contributed by atoms with Crippen molar-refractivity contribution in [2.45, 2.75) is 58.5 Å². The number of allylic oxidation sites excluding steroid dienone is 2. The second kappa shape index (κ2) is 15.6. The van der Waals surface area contributed by atoms with Crippen molar-refractivity contribution in [3.05, 3.63) is 118 Å². The van der Waals surface area contributed by atoms with Gasteiger partial charge < -0.3 is 19.9 Å². The van der Waals surface area contributed by atoms with Gasteiger partial charge >= 0.3 is 5.97 Å². The number of rotatable bonds is 5. The molecule has 45 heavy (non-hydrogen) atoms. The Morgan fingerprint density at radius 2 is 1.91 bits per heavy atom. The SMILES string of the molecule is Cc1c(COc2cc3c(cc2Cl)CCCC[C@H](C(=O)O)CCNC(=O)C2=C\CC\C=C/C(=C\2)CO3)cccc1-c1ccccc1. The van der Waals surface area contributed by atoms with Gasteiger partial charge in [-0.1, -0.05) is 84.8 Å². The number of carboxylic acid groups (broad SMARTS) is 1. The summed E-state index contributed by atoms with van der Waals surface area (Å²) < 4.78 is 12.7. The molecule has 0 saturated heterocycles. The zero-order chi connectivity index (χ0) is 31.6. The summed E-state index contributed by atoms with van der Waals surface area (Å²) in [4.78, 5) is 24.9. The van der Waals surface area contributed by atoms with E-state index in [-0.39, 0.29) is 12.5 Å². The van der Waals surface area contributed by atoms with Gasteiger partial charge in [-0.3, -0.25) is 9.59 Å². The molecule has 3 aromatic rings. The van der Waals surface area contributed by atoms with E-state index < -0.39 is 11.9 Å². The predicted molar refractivity (Wildman–Crippen MR) is 179 cm³/mol. The minimum atomic E-state index is -0.832. The van der Waals surface area contributed by atoms with E-state index in [2.05, 4.69) is 42.6 Å². The van der Waals surface area contributed by atoms with Crippen molar-refractivity contribution in [3.63, 3.8) is 0 Å². The van der Waals surface area contributed by atoms with E-state index in [1.807, 2.05) is 54.6 Å². The summed E-state index contributed by atoms with van der Waals surface area (Å²) in [5.41, 5.74) is 6.90. The molecular formula is C38H40ClNO5. The Morgan fingerprint density at radius 1 is 1.07 bits per heavy atom. The van der Waals surface area contributed by atoms with Gasteiger partial charge in [-0.05, 0) is 91.0 Å². The highest BCUT2D eigenvalue weighted by Gasteiger charge is 2.19. The molecule has 1 heterocycles. The number of nitrogens with one attached hydrogen (secondary N) is 1. The Hall–Kier alpha value is -4.29. The highest BCUT2D eigenvalue weighted by Crippen LogP contribution is 2.36. The zero-order valence-electron chi connectivity index (χ0n) is 25.7. The Bertz CT molecular complexity index is 1610. The molecule has 1 atom stereocenters. The van der Waals surface area contributed by atoms with Crippen molar-refractivity contribution < 1.29 is 24.2 Å². The lowest BCUT2D eigenvalue weighted by atomic mass is 9.96. The van der Waals surface area contributed by atoms with E-state index in [9.17, 15) is 14.7 Å². The summed E-state index contributed by atoms with van der Waals surface area (Å²) in [5.74, 6) is -0.355. The fourth-order valence-electron chi connectivity index (χ4n) is 5.79. The molecule has 0 aromatic heterocycles. The van der Waals surface area contributed by atoms with Crippen LogP contribution in [0.2, 0.25) is 5.02 Å². The third kappa shape index (κ3) is 8.67. The number of aliphatic carboxylic acids is 1. The van der Waals surface area contributed by atoms with Gasteiger partial charge in [-0.25, -0.2) is 0 Å². The van der Waals surface area contributed by atoms with Crippen molar-refractivity contribution in [2.24, 2.45) is 5.92 Å². The van der Waals surface area contributed by atoms with Gasteiger partial charge in [0.2, 0.25) is 0 Å². The number of ether oxygens (including phenoxy) is 2. The Labute approximate surface area is 270 Å². The molecule has 5 rings (SSSR count). The average molecular weight is 626 g/mol. The number of carbonyl (C=O) groups excluding carboxylic acids is 1. The van der Waals surface area contributed by atoms with Crippen LogP contribution in [0.25, 0.3) is 11.1 Å². The van der Waals surface area contributed by atoms with E-state index in [0.717, 1.165) is 59.1 Å². The van der Waals surface area contributed by atoms with Crippen LogP contribution >= 0.6 is 11.6 Å². The number of benzene rings is 3. The topological polar surface area (TPSA) is 84.9 Å². The van der Waals surface area contributed by atoms with Crippen LogP contribution in [0.15, 0.2) is 96.1 Å². The highest BCUT2D eigenvalue weighted by molar-refractivity contribution is 6.32. The summed E-state index contributed by atoms with van der Waals surface area (Å²) in [7, 11) is 0. The molecule has 234 valence electrons. The van der Waals surface area contributed by atoms with Crippen LogP contribution < -0.4 is 14.8 Å². The number of carbonyl (C=O) groups is 2. The Balaban J connectivity index is 1.41. The zero-order valence-corrected chi connectivity index (χ0v) is 26.4. The fraction of sp³-hybridized carbons (Fsp3) is 0.316. The van der Waals surface area contributed by atoms with E-state index >= 15 is 0 Å². The summed E-state index contributed by atoms with van der Waals surface area (Å²) >= 11 is 6.78. The molecule has 0 fully saturated rings. The molecule has 3 aromatic carbocycles. The molecule has 1 amide bonds. The van der Waals surface area contributed by atoms with Crippen LogP contribution in [0.3, 0.4) is 0 Å². The first-order chi connectivity index (χ1) is 21.9. The van der Waals surface area contributed by atoms with Crippen LogP contribution in [0.4, 0.5) is 0 Å². The number of aryl methyl sites for hydroxylation is 1. The number of hydrogen-bond donors (Lipinski definition) is 2. The van der Waals surface area contributed by atoms with E-state index in [1.165, 1.54) is 0 Å². The number of amides is 1. The summed E-state index contributed by atoms with van der Waals surface area (Å²) in [5, 5.41) is 13.2. The highest BCUT2D eigenvalue weighted by atomic mass is 35.5. The van der Waals surface area contributed by atoms with Crippen molar-refractivity contribution in [1.29, 1.82) is 0 Å². The predicted octanol–water partition coefficient (Wildman–Crippen LogP) is 8.41. The number of carboxylic acids is 1. The normalized spacial score (nSPS) is 20.8. The molecule has 2 N–H and O–H groups in total. The largest absolute Gasteiger partial charge is 0.488 e. The van der Waals surface area contributed by atoms with Gasteiger partial charge in [-0.15, -0.1) is 0 Å². The monoisotopic (exact) mass is 625 g/mol. The number of hydrogen-bond acceptors (Lipinski definition) is 4. The van der Waals surface area contributed by atoms with Gasteiger partial charge in [0.15, 0.2) is 0 Å². The lowest BCUT2D eigenvalue weighted by molar-refractivity contribution is -0.142. The minimum Gasteiger partial charge on any atom is -0.488 e. The third-order valence-electron chi connectivity index (χ3n) is 8.43. The first kappa shape index (κ1) is 32.1. The summed E-state index contributed by atoms with van der Waals surface area (Å²) in [6.45, 7) is 3.04. The third-order valence-corrected chi connectivity index (χ3v) is 8.73. The standard InChI is InChI=1S/C38H40ClNO5/c1-26-32(17-10-18-33(26)28-12-5-3-6-13-28)25-45-36-23-35-30(22-34(36)39)15-9-8-14-29(38(42)43)19-20-40-37(41)31-16-7-2-4-11-27(21-31)24-44-35/h3-6,10-13,16-18,21-23,29H,2,7-9,14-15,19-20,24-25H2,1H3,(H,40,41)(H,42,43)/b11-4-,27-21+,31-16-/t29-/m0/s1. The van der Waals surface area contributed by atoms with Gasteiger partial charge in [-0.2, -0.15) is 0 Å². The maximum atomic E-state index is 13.0. The molecule has 2 bridgehead atoms. The van der Waals surface area contributed by atoms with Crippen LogP contribution in [-0.4, -0.2) is 30.1 Å². The van der Waals surface area contributed by atoms with E-state index in [4.69, 9.17) is 21.1 Å². The average Bonchev–Trinajstić information content (AvgIpc) is 3.02. The van der Waals surface area contributed by atoms with Gasteiger partial charge in [0.05, 0.1) is 10.9 Å². The lowest BCUT2D eigenvalue weighted by Gasteiger charge is -2.18. The first-order valence-corrected chi connectivity index (χ1v) is 16.1. The minimum absolute atomic E-state index is 0.200. The molecule has 0 saturated carbocycles. The molecule has 7 heteroatoms. The number of halogens is 1. The molecular weight excluding hydrogens is 586 g/mol. The van der Waals surface area contributed by atoms with E-state index in [1.54, 1.807) is 0 Å². The Kier molecular flexibility index (Phi) is 11.2. The summed E-state index contributed by atoms with van der Waals surface area (Å²) in [6, 6.07) is 20.3. The van der Waals surface area contributed by atoms with Gasteiger partial charge in [0, 0.05) is 18.2 Å². The second-order valence-electron chi connectivity index (χ2n) is 11.6. The smallest absolute Gasteiger partial charge is 0.306 e. The molecule has 1 aliphatic heterocycles. The molecule has 0 radical (unpaired) electrons. The molecule has 1 aliphatic carbocycles. The quantitative estimate of drug-likeness (QED) is 0.297. The van der Waals surface area contributed by atoms with E-state index in [0.29, 0.717) is 54.5 Å². The first-order valence-electron chi connectivity index (χ1n) is 15.7. The number of fused-ring (bicyclic) bond motifs is 2. The molecule has 0 spiro atoms. The van der Waals surface area contributed by atoms with Crippen LogP contribution in [0, 0.1) is 12.8 Å². The van der Waals surface area contributed by atoms with Crippen LogP contribution in [0.1, 0.15) is 55.2 Å². The maximum absolute atomic E-state index is 13.0. The van der Waals surface area contributed by atoms with Crippen molar-refractivity contribution in [2.75, 3.05) is 13.2 Å². The molecule has 0 unspecified atom stereocenters.